The second kappa shape index (κ2) is 5.94. The first-order valence-corrected chi connectivity index (χ1v) is 6.44. The third-order valence-corrected chi connectivity index (χ3v) is 3.10. The van der Waals surface area contributed by atoms with Gasteiger partial charge in [-0.3, -0.25) is 4.79 Å². The van der Waals surface area contributed by atoms with E-state index in [1.165, 1.54) is 0 Å². The first-order valence-electron chi connectivity index (χ1n) is 5.31. The van der Waals surface area contributed by atoms with E-state index in [4.69, 9.17) is 4.89 Å². The Morgan fingerprint density at radius 1 is 1.47 bits per heavy atom. The summed E-state index contributed by atoms with van der Waals surface area (Å²) in [5, 5.41) is 0. The van der Waals surface area contributed by atoms with Crippen LogP contribution in [0.5, 0.6) is 0 Å². The molecule has 0 aliphatic heterocycles. The predicted molar refractivity (Wildman–Crippen MR) is 59.0 cm³/mol. The Labute approximate surface area is 100 Å². The van der Waals surface area contributed by atoms with E-state index in [1.54, 1.807) is 13.8 Å². The van der Waals surface area contributed by atoms with Crippen LogP contribution in [-0.4, -0.2) is 22.2 Å². The van der Waals surface area contributed by atoms with Crippen molar-refractivity contribution in [1.82, 2.24) is 0 Å². The number of alkyl halides is 2. The molecule has 2 atom stereocenters. The molecule has 0 saturated heterocycles. The molecule has 0 saturated carbocycles. The predicted octanol–water partition coefficient (Wildman–Crippen LogP) is 3.07. The van der Waals surface area contributed by atoms with Crippen molar-refractivity contribution in [3.8, 4) is 0 Å². The van der Waals surface area contributed by atoms with Crippen LogP contribution in [0.2, 0.25) is 0 Å². The van der Waals surface area contributed by atoms with E-state index < -0.39 is 32.0 Å². The molecule has 7 heteroatoms. The molecule has 0 amide bonds. The van der Waals surface area contributed by atoms with Crippen LogP contribution in [0.3, 0.4) is 0 Å². The zero-order chi connectivity index (χ0) is 13.9. The monoisotopic (exact) mass is 271 g/mol. The van der Waals surface area contributed by atoms with Crippen molar-refractivity contribution in [1.29, 1.82) is 0 Å². The number of halogens is 2. The summed E-state index contributed by atoms with van der Waals surface area (Å²) >= 11 is 0. The van der Waals surface area contributed by atoms with Gasteiger partial charge in [0.25, 0.3) is 0 Å². The Morgan fingerprint density at radius 2 is 1.94 bits per heavy atom. The van der Waals surface area contributed by atoms with Gasteiger partial charge in [0, 0.05) is 11.0 Å². The standard InChI is InChI=1S/C10H17F2O4P/c1-5-7(2)6-10(11,12)8(13)9(3,4)16-17(14)15/h7H,5-6H2,1-4H3/p+1/t7-/m0/s1. The highest BCUT2D eigenvalue weighted by Gasteiger charge is 2.52. The van der Waals surface area contributed by atoms with Gasteiger partial charge in [0.05, 0.1) is 0 Å². The van der Waals surface area contributed by atoms with Crippen molar-refractivity contribution in [3.05, 3.63) is 0 Å². The van der Waals surface area contributed by atoms with Crippen LogP contribution in [0.25, 0.3) is 0 Å². The first-order chi connectivity index (χ1) is 7.53. The number of Topliss-reactive ketones (excluding diaryl/α,β-unsaturated/α-hetero) is 1. The number of ketones is 1. The van der Waals surface area contributed by atoms with Crippen molar-refractivity contribution in [3.63, 3.8) is 0 Å². The molecule has 1 unspecified atom stereocenters. The molecule has 0 aromatic carbocycles. The molecule has 1 N–H and O–H groups in total. The average Bonchev–Trinajstić information content (AvgIpc) is 2.13. The Bertz CT molecular complexity index is 305. The van der Waals surface area contributed by atoms with E-state index in [0.29, 0.717) is 6.42 Å². The SMILES string of the molecule is CC[C@H](C)CC(F)(F)C(=O)C(C)(C)O[P+](=O)O. The highest BCUT2D eigenvalue weighted by atomic mass is 31.1. The normalized spacial score (nSPS) is 15.6. The summed E-state index contributed by atoms with van der Waals surface area (Å²) in [7, 11) is -3.10. The molecule has 0 aromatic rings. The third kappa shape index (κ3) is 5.15. The zero-order valence-electron chi connectivity index (χ0n) is 10.4. The van der Waals surface area contributed by atoms with Gasteiger partial charge in [0.15, 0.2) is 5.60 Å². The quantitative estimate of drug-likeness (QED) is 0.723. The molecular weight excluding hydrogens is 253 g/mol. The summed E-state index contributed by atoms with van der Waals surface area (Å²) < 4.78 is 42.0. The molecule has 0 spiro atoms. The summed E-state index contributed by atoms with van der Waals surface area (Å²) in [4.78, 5) is 20.1. The fraction of sp³-hybridized carbons (Fsp3) is 0.900. The second-order valence-corrected chi connectivity index (χ2v) is 5.25. The van der Waals surface area contributed by atoms with E-state index in [0.717, 1.165) is 13.8 Å². The molecule has 0 aliphatic rings. The van der Waals surface area contributed by atoms with Gasteiger partial charge < -0.3 is 0 Å². The van der Waals surface area contributed by atoms with Crippen molar-refractivity contribution >= 4 is 14.0 Å². The first kappa shape index (κ1) is 16.6. The molecule has 100 valence electrons. The number of hydrogen-bond acceptors (Lipinski definition) is 3. The Morgan fingerprint density at radius 3 is 2.29 bits per heavy atom. The minimum atomic E-state index is -3.55. The number of carbonyl (C=O) groups is 1. The van der Waals surface area contributed by atoms with Crippen LogP contribution >= 0.6 is 8.25 Å². The van der Waals surface area contributed by atoms with Crippen LogP contribution in [0.4, 0.5) is 8.78 Å². The van der Waals surface area contributed by atoms with E-state index >= 15 is 0 Å². The topological polar surface area (TPSA) is 63.6 Å². The van der Waals surface area contributed by atoms with Gasteiger partial charge in [-0.05, 0) is 19.8 Å². The lowest BCUT2D eigenvalue weighted by atomic mass is 9.91. The third-order valence-electron chi connectivity index (χ3n) is 2.49. The van der Waals surface area contributed by atoms with Crippen molar-refractivity contribution in [2.24, 2.45) is 5.92 Å². The number of rotatable bonds is 7. The number of carbonyl (C=O) groups excluding carboxylic acids is 1. The fourth-order valence-corrected chi connectivity index (χ4v) is 1.83. The van der Waals surface area contributed by atoms with Gasteiger partial charge >= 0.3 is 14.2 Å². The lowest BCUT2D eigenvalue weighted by Gasteiger charge is -2.24. The lowest BCUT2D eigenvalue weighted by molar-refractivity contribution is -0.160. The van der Waals surface area contributed by atoms with Gasteiger partial charge in [0.1, 0.15) is 0 Å². The summed E-state index contributed by atoms with van der Waals surface area (Å²) in [5.74, 6) is -5.33. The Hall–Kier alpha value is -0.450. The van der Waals surface area contributed by atoms with E-state index in [-0.39, 0.29) is 5.92 Å². The maximum absolute atomic E-state index is 13.6. The molecule has 0 rings (SSSR count). The van der Waals surface area contributed by atoms with Gasteiger partial charge in [-0.15, -0.1) is 9.42 Å². The maximum atomic E-state index is 13.6. The molecule has 0 aromatic heterocycles. The molecular formula is C10H18F2O4P+. The summed E-state index contributed by atoms with van der Waals surface area (Å²) in [6, 6.07) is 0. The van der Waals surface area contributed by atoms with Gasteiger partial charge in [-0.2, -0.15) is 8.78 Å². The van der Waals surface area contributed by atoms with Crippen LogP contribution in [-0.2, 0) is 13.9 Å². The van der Waals surface area contributed by atoms with Crippen LogP contribution in [0, 0.1) is 5.92 Å². The van der Waals surface area contributed by atoms with Crippen molar-refractivity contribution < 1.29 is 27.6 Å². The van der Waals surface area contributed by atoms with Gasteiger partial charge in [-0.25, -0.2) is 0 Å². The lowest BCUT2D eigenvalue weighted by Crippen LogP contribution is -2.46. The molecule has 4 nitrogen and oxygen atoms in total. The summed E-state index contributed by atoms with van der Waals surface area (Å²) in [5.41, 5.74) is -1.97. The largest absolute Gasteiger partial charge is 0.695 e. The molecule has 0 heterocycles. The molecule has 0 fully saturated rings. The Balaban J connectivity index is 4.82. The molecule has 0 bridgehead atoms. The zero-order valence-corrected chi connectivity index (χ0v) is 11.3. The number of hydrogen-bond donors (Lipinski definition) is 1. The molecule has 17 heavy (non-hydrogen) atoms. The Kier molecular flexibility index (Phi) is 5.78. The average molecular weight is 271 g/mol. The summed E-state index contributed by atoms with van der Waals surface area (Å²) in [6.45, 7) is 5.48. The van der Waals surface area contributed by atoms with E-state index in [1.807, 2.05) is 0 Å². The van der Waals surface area contributed by atoms with Crippen molar-refractivity contribution in [2.45, 2.75) is 52.1 Å². The van der Waals surface area contributed by atoms with E-state index in [9.17, 15) is 18.1 Å². The highest BCUT2D eigenvalue weighted by Crippen LogP contribution is 2.35. The smallest absolute Gasteiger partial charge is 0.289 e. The van der Waals surface area contributed by atoms with Gasteiger partial charge in [-0.1, -0.05) is 20.3 Å². The van der Waals surface area contributed by atoms with Crippen molar-refractivity contribution in [2.75, 3.05) is 0 Å². The van der Waals surface area contributed by atoms with Crippen LogP contribution < -0.4 is 0 Å². The molecule has 0 aliphatic carbocycles. The highest BCUT2D eigenvalue weighted by molar-refractivity contribution is 7.32. The minimum Gasteiger partial charge on any atom is -0.289 e. The van der Waals surface area contributed by atoms with Gasteiger partial charge in [0.2, 0.25) is 5.78 Å². The van der Waals surface area contributed by atoms with E-state index in [2.05, 4.69) is 4.52 Å². The maximum Gasteiger partial charge on any atom is 0.695 e. The fourth-order valence-electron chi connectivity index (χ4n) is 1.35. The van der Waals surface area contributed by atoms with Crippen LogP contribution in [0.15, 0.2) is 0 Å². The minimum absolute atomic E-state index is 0.312. The molecule has 0 radical (unpaired) electrons. The van der Waals surface area contributed by atoms with Crippen LogP contribution in [0.1, 0.15) is 40.5 Å². The summed E-state index contributed by atoms with van der Waals surface area (Å²) in [6.07, 6.45) is -0.0598. The second-order valence-electron chi connectivity index (χ2n) is 4.59.